The van der Waals surface area contributed by atoms with Crippen LogP contribution in [0.2, 0.25) is 0 Å². The van der Waals surface area contributed by atoms with Crippen molar-refractivity contribution in [2.24, 2.45) is 0 Å². The van der Waals surface area contributed by atoms with Crippen LogP contribution < -0.4 is 0 Å². The van der Waals surface area contributed by atoms with Crippen molar-refractivity contribution in [2.75, 3.05) is 0 Å². The van der Waals surface area contributed by atoms with Crippen LogP contribution in [-0.4, -0.2) is 19.9 Å². The van der Waals surface area contributed by atoms with E-state index in [0.717, 1.165) is 50.0 Å². The molecule has 2 aromatic heterocycles. The SMILES string of the molecule is c1ccc(-c2ccc(-c3nc(-c4ccccc4)nc(-c4ccc(-c5cccc6nc(-c7ccccc7)oc56)cc4)n3)cc2)cc1. The summed E-state index contributed by atoms with van der Waals surface area (Å²) in [4.78, 5) is 19.5. The summed E-state index contributed by atoms with van der Waals surface area (Å²) in [6, 6.07) is 53.0. The predicted molar refractivity (Wildman–Crippen MR) is 180 cm³/mol. The number of nitrogens with zero attached hydrogens (tertiary/aromatic N) is 4. The molecule has 0 atom stereocenters. The Kier molecular flexibility index (Phi) is 6.74. The zero-order chi connectivity index (χ0) is 30.0. The highest BCUT2D eigenvalue weighted by Crippen LogP contribution is 2.34. The van der Waals surface area contributed by atoms with Crippen molar-refractivity contribution in [2.45, 2.75) is 0 Å². The fourth-order valence-electron chi connectivity index (χ4n) is 5.47. The zero-order valence-electron chi connectivity index (χ0n) is 24.2. The van der Waals surface area contributed by atoms with Crippen LogP contribution in [0.5, 0.6) is 0 Å². The van der Waals surface area contributed by atoms with E-state index in [9.17, 15) is 0 Å². The summed E-state index contributed by atoms with van der Waals surface area (Å²) in [6.45, 7) is 0. The van der Waals surface area contributed by atoms with E-state index in [1.54, 1.807) is 0 Å². The lowest BCUT2D eigenvalue weighted by atomic mass is 10.0. The number of para-hydroxylation sites is 1. The van der Waals surface area contributed by atoms with Gasteiger partial charge in [0.15, 0.2) is 23.1 Å². The number of benzene rings is 6. The van der Waals surface area contributed by atoms with Gasteiger partial charge in [0.2, 0.25) is 5.89 Å². The standard InChI is InChI=1S/C40H26N4O/c1-4-11-27(12-5-1)28-19-23-31(24-20-28)38-42-37(30-13-6-2-7-14-30)43-39(44-38)32-25-21-29(22-26-32)34-17-10-18-35-36(34)45-40(41-35)33-15-8-3-9-16-33/h1-26H. The topological polar surface area (TPSA) is 64.7 Å². The molecule has 0 N–H and O–H groups in total. The number of rotatable bonds is 6. The Balaban J connectivity index is 1.17. The largest absolute Gasteiger partial charge is 0.435 e. The Hall–Kier alpha value is -6.20. The second-order valence-corrected chi connectivity index (χ2v) is 10.7. The van der Waals surface area contributed by atoms with E-state index >= 15 is 0 Å². The van der Waals surface area contributed by atoms with Crippen LogP contribution in [0.15, 0.2) is 162 Å². The smallest absolute Gasteiger partial charge is 0.227 e. The van der Waals surface area contributed by atoms with E-state index in [-0.39, 0.29) is 0 Å². The number of hydrogen-bond acceptors (Lipinski definition) is 5. The van der Waals surface area contributed by atoms with Crippen LogP contribution in [0.4, 0.5) is 0 Å². The Morgan fingerprint density at radius 2 is 0.733 bits per heavy atom. The molecule has 5 nitrogen and oxygen atoms in total. The van der Waals surface area contributed by atoms with E-state index in [0.29, 0.717) is 23.4 Å². The molecular formula is C40H26N4O. The van der Waals surface area contributed by atoms with Crippen molar-refractivity contribution >= 4 is 11.1 Å². The van der Waals surface area contributed by atoms with Crippen LogP contribution in [0.1, 0.15) is 0 Å². The van der Waals surface area contributed by atoms with Gasteiger partial charge >= 0.3 is 0 Å². The van der Waals surface area contributed by atoms with Gasteiger partial charge in [-0.15, -0.1) is 0 Å². The fraction of sp³-hybridized carbons (Fsp3) is 0. The maximum atomic E-state index is 6.28. The summed E-state index contributed by atoms with van der Waals surface area (Å²) < 4.78 is 6.28. The van der Waals surface area contributed by atoms with Crippen molar-refractivity contribution in [3.8, 4) is 67.9 Å². The first-order chi connectivity index (χ1) is 22.3. The molecule has 0 fully saturated rings. The summed E-state index contributed by atoms with van der Waals surface area (Å²) >= 11 is 0. The van der Waals surface area contributed by atoms with E-state index in [1.165, 1.54) is 5.56 Å². The third-order valence-electron chi connectivity index (χ3n) is 7.81. The Morgan fingerprint density at radius 1 is 0.311 bits per heavy atom. The zero-order valence-corrected chi connectivity index (χ0v) is 24.2. The van der Waals surface area contributed by atoms with Crippen LogP contribution in [-0.2, 0) is 0 Å². The molecule has 2 heterocycles. The second-order valence-electron chi connectivity index (χ2n) is 10.7. The van der Waals surface area contributed by atoms with Crippen molar-refractivity contribution in [1.82, 2.24) is 19.9 Å². The van der Waals surface area contributed by atoms with Gasteiger partial charge in [-0.05, 0) is 34.9 Å². The number of oxazole rings is 1. The van der Waals surface area contributed by atoms with E-state index in [1.807, 2.05) is 91.0 Å². The molecule has 0 spiro atoms. The van der Waals surface area contributed by atoms with Gasteiger partial charge < -0.3 is 4.42 Å². The molecule has 8 rings (SSSR count). The quantitative estimate of drug-likeness (QED) is 0.196. The number of fused-ring (bicyclic) bond motifs is 1. The molecule has 212 valence electrons. The molecule has 0 aliphatic heterocycles. The summed E-state index contributed by atoms with van der Waals surface area (Å²) in [5.74, 6) is 2.48. The molecule has 8 aromatic rings. The average Bonchev–Trinajstić information content (AvgIpc) is 3.58. The molecule has 0 saturated heterocycles. The molecule has 0 saturated carbocycles. The van der Waals surface area contributed by atoms with E-state index in [2.05, 4.69) is 66.7 Å². The minimum atomic E-state index is 0.609. The lowest BCUT2D eigenvalue weighted by Crippen LogP contribution is -2.00. The molecular weight excluding hydrogens is 552 g/mol. The van der Waals surface area contributed by atoms with Gasteiger partial charge in [0.05, 0.1) is 0 Å². The van der Waals surface area contributed by atoms with Gasteiger partial charge in [0.1, 0.15) is 5.52 Å². The molecule has 0 amide bonds. The van der Waals surface area contributed by atoms with E-state index in [4.69, 9.17) is 24.4 Å². The first-order valence-corrected chi connectivity index (χ1v) is 14.8. The van der Waals surface area contributed by atoms with Gasteiger partial charge in [0, 0.05) is 27.8 Å². The average molecular weight is 579 g/mol. The first kappa shape index (κ1) is 26.4. The molecule has 5 heteroatoms. The van der Waals surface area contributed by atoms with Crippen LogP contribution in [0, 0.1) is 0 Å². The molecule has 0 unspecified atom stereocenters. The predicted octanol–water partition coefficient (Wildman–Crippen LogP) is 10.0. The third-order valence-corrected chi connectivity index (χ3v) is 7.81. The van der Waals surface area contributed by atoms with Gasteiger partial charge in [-0.1, -0.05) is 140 Å². The number of aromatic nitrogens is 4. The second kappa shape index (κ2) is 11.5. The summed E-state index contributed by atoms with van der Waals surface area (Å²) in [5.41, 5.74) is 9.61. The molecule has 45 heavy (non-hydrogen) atoms. The van der Waals surface area contributed by atoms with Crippen LogP contribution in [0.25, 0.3) is 79.0 Å². The lowest BCUT2D eigenvalue weighted by Gasteiger charge is -2.10. The van der Waals surface area contributed by atoms with Crippen molar-refractivity contribution in [3.63, 3.8) is 0 Å². The minimum Gasteiger partial charge on any atom is -0.435 e. The van der Waals surface area contributed by atoms with Crippen molar-refractivity contribution in [1.29, 1.82) is 0 Å². The number of hydrogen-bond donors (Lipinski definition) is 0. The highest BCUT2D eigenvalue weighted by Gasteiger charge is 2.15. The molecule has 0 aliphatic carbocycles. The maximum Gasteiger partial charge on any atom is 0.227 e. The van der Waals surface area contributed by atoms with Crippen LogP contribution >= 0.6 is 0 Å². The van der Waals surface area contributed by atoms with Gasteiger partial charge in [0.25, 0.3) is 0 Å². The van der Waals surface area contributed by atoms with Crippen LogP contribution in [0.3, 0.4) is 0 Å². The molecule has 0 bridgehead atoms. The Bertz CT molecular complexity index is 2230. The van der Waals surface area contributed by atoms with Gasteiger partial charge in [-0.25, -0.2) is 19.9 Å². The Morgan fingerprint density at radius 3 is 1.29 bits per heavy atom. The maximum absolute atomic E-state index is 6.28. The normalized spacial score (nSPS) is 11.1. The first-order valence-electron chi connectivity index (χ1n) is 14.8. The highest BCUT2D eigenvalue weighted by molar-refractivity contribution is 5.92. The van der Waals surface area contributed by atoms with E-state index < -0.39 is 0 Å². The van der Waals surface area contributed by atoms with Gasteiger partial charge in [-0.2, -0.15) is 0 Å². The molecule has 0 aliphatic rings. The summed E-state index contributed by atoms with van der Waals surface area (Å²) in [7, 11) is 0. The van der Waals surface area contributed by atoms with Gasteiger partial charge in [-0.3, -0.25) is 0 Å². The minimum absolute atomic E-state index is 0.609. The molecule has 6 aromatic carbocycles. The highest BCUT2D eigenvalue weighted by atomic mass is 16.3. The van der Waals surface area contributed by atoms with Crippen molar-refractivity contribution < 1.29 is 4.42 Å². The molecule has 0 radical (unpaired) electrons. The monoisotopic (exact) mass is 578 g/mol. The summed E-state index contributed by atoms with van der Waals surface area (Å²) in [6.07, 6.45) is 0. The van der Waals surface area contributed by atoms with Crippen molar-refractivity contribution in [3.05, 3.63) is 158 Å². The summed E-state index contributed by atoms with van der Waals surface area (Å²) in [5, 5.41) is 0. The fourth-order valence-corrected chi connectivity index (χ4v) is 5.47. The Labute approximate surface area is 260 Å². The third kappa shape index (κ3) is 5.28. The lowest BCUT2D eigenvalue weighted by molar-refractivity contribution is 0.621.